The van der Waals surface area contributed by atoms with Crippen LogP contribution in [0.1, 0.15) is 24.1 Å². The number of nitrogens with one attached hydrogen (secondary N) is 1. The Balaban J connectivity index is 2.00. The molecule has 4 heteroatoms. The molecular formula is C13H13Cl2NS. The van der Waals surface area contributed by atoms with E-state index in [0.29, 0.717) is 6.04 Å². The van der Waals surface area contributed by atoms with Crippen molar-refractivity contribution in [3.05, 3.63) is 56.2 Å². The first-order valence-corrected chi connectivity index (χ1v) is 7.06. The molecule has 0 aliphatic carbocycles. The van der Waals surface area contributed by atoms with Crippen molar-refractivity contribution in [3.8, 4) is 0 Å². The molecule has 0 radical (unpaired) electrons. The van der Waals surface area contributed by atoms with Crippen molar-refractivity contribution in [2.75, 3.05) is 0 Å². The summed E-state index contributed by atoms with van der Waals surface area (Å²) in [6, 6.07) is 7.97. The molecule has 1 aromatic heterocycles. The van der Waals surface area contributed by atoms with E-state index in [0.717, 1.165) is 22.2 Å². The highest BCUT2D eigenvalue weighted by atomic mass is 35.5. The Morgan fingerprint density at radius 3 is 2.82 bits per heavy atom. The molecule has 90 valence electrons. The van der Waals surface area contributed by atoms with E-state index in [1.165, 1.54) is 5.56 Å². The summed E-state index contributed by atoms with van der Waals surface area (Å²) in [5.41, 5.74) is 2.33. The van der Waals surface area contributed by atoms with Crippen molar-refractivity contribution >= 4 is 34.5 Å². The second kappa shape index (κ2) is 5.87. The van der Waals surface area contributed by atoms with Gasteiger partial charge in [0.15, 0.2) is 0 Å². The Kier molecular flexibility index (Phi) is 4.46. The second-order valence-electron chi connectivity index (χ2n) is 3.90. The number of hydrogen-bond acceptors (Lipinski definition) is 2. The lowest BCUT2D eigenvalue weighted by atomic mass is 10.1. The monoisotopic (exact) mass is 285 g/mol. The zero-order valence-electron chi connectivity index (χ0n) is 9.41. The van der Waals surface area contributed by atoms with E-state index in [9.17, 15) is 0 Å². The largest absolute Gasteiger partial charge is 0.306 e. The molecule has 1 aromatic carbocycles. The molecule has 0 saturated heterocycles. The van der Waals surface area contributed by atoms with Crippen LogP contribution in [0.25, 0.3) is 0 Å². The van der Waals surface area contributed by atoms with Gasteiger partial charge >= 0.3 is 0 Å². The predicted octanol–water partition coefficient (Wildman–Crippen LogP) is 4.91. The van der Waals surface area contributed by atoms with Crippen LogP contribution in [0.15, 0.2) is 35.0 Å². The number of hydrogen-bond donors (Lipinski definition) is 1. The van der Waals surface area contributed by atoms with Crippen LogP contribution in [-0.4, -0.2) is 0 Å². The molecule has 1 heterocycles. The van der Waals surface area contributed by atoms with Crippen molar-refractivity contribution < 1.29 is 0 Å². The van der Waals surface area contributed by atoms with E-state index in [2.05, 4.69) is 29.1 Å². The second-order valence-corrected chi connectivity index (χ2v) is 5.52. The zero-order chi connectivity index (χ0) is 12.3. The standard InChI is InChI=1S/C13H13Cl2NS/c1-9(10-4-5-17-8-10)16-7-11-6-12(14)2-3-13(11)15/h2-6,8-9,16H,7H2,1H3. The quantitative estimate of drug-likeness (QED) is 0.842. The third-order valence-electron chi connectivity index (χ3n) is 2.65. The van der Waals surface area contributed by atoms with Crippen LogP contribution in [0.4, 0.5) is 0 Å². The van der Waals surface area contributed by atoms with Gasteiger partial charge in [0.05, 0.1) is 0 Å². The lowest BCUT2D eigenvalue weighted by molar-refractivity contribution is 0.576. The van der Waals surface area contributed by atoms with Gasteiger partial charge in [-0.05, 0) is 53.1 Å². The zero-order valence-corrected chi connectivity index (χ0v) is 11.7. The molecule has 1 unspecified atom stereocenters. The van der Waals surface area contributed by atoms with Crippen LogP contribution < -0.4 is 5.32 Å². The Morgan fingerprint density at radius 2 is 2.12 bits per heavy atom. The lowest BCUT2D eigenvalue weighted by Gasteiger charge is -2.13. The van der Waals surface area contributed by atoms with Gasteiger partial charge in [0.2, 0.25) is 0 Å². The average molecular weight is 286 g/mol. The predicted molar refractivity (Wildman–Crippen MR) is 76.0 cm³/mol. The highest BCUT2D eigenvalue weighted by molar-refractivity contribution is 7.07. The van der Waals surface area contributed by atoms with Crippen molar-refractivity contribution in [2.24, 2.45) is 0 Å². The summed E-state index contributed by atoms with van der Waals surface area (Å²) in [6.45, 7) is 2.86. The maximum atomic E-state index is 6.11. The first-order valence-electron chi connectivity index (χ1n) is 5.36. The molecular weight excluding hydrogens is 273 g/mol. The van der Waals surface area contributed by atoms with Crippen LogP contribution in [0.2, 0.25) is 10.0 Å². The minimum absolute atomic E-state index is 0.316. The number of thiophene rings is 1. The van der Waals surface area contributed by atoms with Gasteiger partial charge in [0, 0.05) is 22.6 Å². The summed E-state index contributed by atoms with van der Waals surface area (Å²) < 4.78 is 0. The summed E-state index contributed by atoms with van der Waals surface area (Å²) in [4.78, 5) is 0. The van der Waals surface area contributed by atoms with E-state index < -0.39 is 0 Å². The van der Waals surface area contributed by atoms with Crippen LogP contribution in [0.5, 0.6) is 0 Å². The van der Waals surface area contributed by atoms with E-state index in [4.69, 9.17) is 23.2 Å². The van der Waals surface area contributed by atoms with Crippen LogP contribution >= 0.6 is 34.5 Å². The van der Waals surface area contributed by atoms with Gasteiger partial charge in [-0.15, -0.1) is 0 Å². The van der Waals surface area contributed by atoms with Gasteiger partial charge < -0.3 is 5.32 Å². The average Bonchev–Trinajstić information content (AvgIpc) is 2.83. The molecule has 2 rings (SSSR count). The summed E-state index contributed by atoms with van der Waals surface area (Å²) in [6.07, 6.45) is 0. The van der Waals surface area contributed by atoms with Crippen molar-refractivity contribution in [1.29, 1.82) is 0 Å². The minimum atomic E-state index is 0.316. The molecule has 0 aliphatic rings. The highest BCUT2D eigenvalue weighted by Gasteiger charge is 2.07. The van der Waals surface area contributed by atoms with Gasteiger partial charge in [-0.1, -0.05) is 23.2 Å². The fourth-order valence-electron chi connectivity index (χ4n) is 1.58. The molecule has 1 N–H and O–H groups in total. The third-order valence-corrected chi connectivity index (χ3v) is 3.95. The molecule has 0 bridgehead atoms. The van der Waals surface area contributed by atoms with E-state index in [-0.39, 0.29) is 0 Å². The van der Waals surface area contributed by atoms with Crippen LogP contribution in [0.3, 0.4) is 0 Å². The van der Waals surface area contributed by atoms with E-state index >= 15 is 0 Å². The van der Waals surface area contributed by atoms with Crippen molar-refractivity contribution in [3.63, 3.8) is 0 Å². The molecule has 0 spiro atoms. The summed E-state index contributed by atoms with van der Waals surface area (Å²) >= 11 is 13.8. The van der Waals surface area contributed by atoms with Gasteiger partial charge in [-0.2, -0.15) is 11.3 Å². The Labute approximate surface area is 115 Å². The number of benzene rings is 1. The molecule has 0 fully saturated rings. The molecule has 0 saturated carbocycles. The smallest absolute Gasteiger partial charge is 0.0451 e. The number of halogens is 2. The maximum absolute atomic E-state index is 6.11. The van der Waals surface area contributed by atoms with Gasteiger partial charge in [-0.3, -0.25) is 0 Å². The Hall–Kier alpha value is -0.540. The molecule has 0 amide bonds. The minimum Gasteiger partial charge on any atom is -0.306 e. The molecule has 2 aromatic rings. The Bertz CT molecular complexity index is 482. The SMILES string of the molecule is CC(NCc1cc(Cl)ccc1Cl)c1ccsc1. The normalized spacial score (nSPS) is 12.6. The fourth-order valence-corrected chi connectivity index (χ4v) is 2.71. The first-order chi connectivity index (χ1) is 8.16. The van der Waals surface area contributed by atoms with Crippen molar-refractivity contribution in [2.45, 2.75) is 19.5 Å². The van der Waals surface area contributed by atoms with Gasteiger partial charge in [0.25, 0.3) is 0 Å². The van der Waals surface area contributed by atoms with E-state index in [1.807, 2.05) is 12.1 Å². The molecule has 17 heavy (non-hydrogen) atoms. The van der Waals surface area contributed by atoms with E-state index in [1.54, 1.807) is 17.4 Å². The Morgan fingerprint density at radius 1 is 1.29 bits per heavy atom. The third kappa shape index (κ3) is 3.46. The summed E-state index contributed by atoms with van der Waals surface area (Å²) in [7, 11) is 0. The summed E-state index contributed by atoms with van der Waals surface area (Å²) in [5, 5.41) is 9.13. The van der Waals surface area contributed by atoms with Gasteiger partial charge in [0.1, 0.15) is 0 Å². The molecule has 0 aliphatic heterocycles. The van der Waals surface area contributed by atoms with Crippen molar-refractivity contribution in [1.82, 2.24) is 5.32 Å². The first kappa shape index (κ1) is 12.9. The maximum Gasteiger partial charge on any atom is 0.0451 e. The fraction of sp³-hybridized carbons (Fsp3) is 0.231. The van der Waals surface area contributed by atoms with Crippen LogP contribution in [0, 0.1) is 0 Å². The summed E-state index contributed by atoms with van der Waals surface area (Å²) in [5.74, 6) is 0. The topological polar surface area (TPSA) is 12.0 Å². The molecule has 1 atom stereocenters. The molecule has 1 nitrogen and oxygen atoms in total. The number of rotatable bonds is 4. The lowest BCUT2D eigenvalue weighted by Crippen LogP contribution is -2.17. The van der Waals surface area contributed by atoms with Gasteiger partial charge in [-0.25, -0.2) is 0 Å². The van der Waals surface area contributed by atoms with Crippen LogP contribution in [-0.2, 0) is 6.54 Å². The highest BCUT2D eigenvalue weighted by Crippen LogP contribution is 2.22.